The van der Waals surface area contributed by atoms with Crippen molar-refractivity contribution in [2.45, 2.75) is 6.42 Å². The number of hydrogen-bond acceptors (Lipinski definition) is 5. The first-order chi connectivity index (χ1) is 14.5. The summed E-state index contributed by atoms with van der Waals surface area (Å²) in [6.45, 7) is 5.55. The van der Waals surface area contributed by atoms with Crippen LogP contribution in [0.2, 0.25) is 0 Å². The molecule has 0 saturated carbocycles. The molecule has 0 aliphatic carbocycles. The number of aliphatic imine (C=N–C) groups is 1. The van der Waals surface area contributed by atoms with Gasteiger partial charge in [0, 0.05) is 39.8 Å². The largest absolute Gasteiger partial charge is 0.489 e. The Kier molecular flexibility index (Phi) is 10.3. The van der Waals surface area contributed by atoms with Crippen LogP contribution in [0.25, 0.3) is 0 Å². The maximum Gasteiger partial charge on any atom is 0.243 e. The standard InChI is InChI=1S/C20H31F2N5O3/c1-26(2)19(28)15-25-20(23-6-3-8-27-9-12-29-13-10-27)24-7-11-30-18-5-4-16(21)14-17(18)22/h4-5,14H,3,6-13,15H2,1-2H3,(H2,23,24,25). The van der Waals surface area contributed by atoms with E-state index in [-0.39, 0.29) is 24.8 Å². The average Bonchev–Trinajstić information content (AvgIpc) is 2.73. The van der Waals surface area contributed by atoms with E-state index in [1.54, 1.807) is 14.1 Å². The molecular formula is C20H31F2N5O3. The van der Waals surface area contributed by atoms with Gasteiger partial charge in [0.15, 0.2) is 17.5 Å². The summed E-state index contributed by atoms with van der Waals surface area (Å²) in [5, 5.41) is 6.27. The Balaban J connectivity index is 1.76. The number of likely N-dealkylation sites (N-methyl/N-ethyl adjacent to an activating group) is 1. The first-order valence-corrected chi connectivity index (χ1v) is 10.1. The van der Waals surface area contributed by atoms with Crippen LogP contribution in [-0.2, 0) is 9.53 Å². The Labute approximate surface area is 176 Å². The zero-order valence-electron chi connectivity index (χ0n) is 17.6. The predicted molar refractivity (Wildman–Crippen MR) is 111 cm³/mol. The topological polar surface area (TPSA) is 78.4 Å². The van der Waals surface area contributed by atoms with Crippen molar-refractivity contribution in [3.63, 3.8) is 0 Å². The van der Waals surface area contributed by atoms with Gasteiger partial charge < -0.3 is 25.0 Å². The van der Waals surface area contributed by atoms with Crippen molar-refractivity contribution in [1.82, 2.24) is 20.4 Å². The van der Waals surface area contributed by atoms with E-state index in [2.05, 4.69) is 20.5 Å². The summed E-state index contributed by atoms with van der Waals surface area (Å²) < 4.78 is 37.2. The normalized spacial score (nSPS) is 15.0. The van der Waals surface area contributed by atoms with Crippen molar-refractivity contribution in [3.05, 3.63) is 29.8 Å². The third-order valence-corrected chi connectivity index (χ3v) is 4.46. The van der Waals surface area contributed by atoms with Crippen molar-refractivity contribution >= 4 is 11.9 Å². The van der Waals surface area contributed by atoms with Crippen LogP contribution < -0.4 is 15.4 Å². The molecule has 2 N–H and O–H groups in total. The molecule has 30 heavy (non-hydrogen) atoms. The number of carbonyl (C=O) groups excluding carboxylic acids is 1. The maximum absolute atomic E-state index is 13.6. The number of rotatable bonds is 10. The van der Waals surface area contributed by atoms with Gasteiger partial charge in [-0.1, -0.05) is 0 Å². The molecule has 10 heteroatoms. The van der Waals surface area contributed by atoms with Gasteiger partial charge in [-0.25, -0.2) is 13.8 Å². The summed E-state index contributed by atoms with van der Waals surface area (Å²) in [5.74, 6) is -1.05. The van der Waals surface area contributed by atoms with Crippen molar-refractivity contribution in [1.29, 1.82) is 0 Å². The third kappa shape index (κ3) is 8.91. The summed E-state index contributed by atoms with van der Waals surface area (Å²) >= 11 is 0. The SMILES string of the molecule is CN(C)C(=O)CN=C(NCCCN1CCOCC1)NCCOc1ccc(F)cc1F. The number of hydrogen-bond donors (Lipinski definition) is 2. The maximum atomic E-state index is 13.6. The van der Waals surface area contributed by atoms with Crippen molar-refractivity contribution in [2.75, 3.05) is 73.2 Å². The number of ether oxygens (including phenoxy) is 2. The highest BCUT2D eigenvalue weighted by molar-refractivity contribution is 5.84. The Bertz CT molecular complexity index is 697. The van der Waals surface area contributed by atoms with Gasteiger partial charge in [0.2, 0.25) is 5.91 Å². The lowest BCUT2D eigenvalue weighted by molar-refractivity contribution is -0.127. The van der Waals surface area contributed by atoms with E-state index < -0.39 is 11.6 Å². The quantitative estimate of drug-likeness (QED) is 0.325. The second-order valence-electron chi connectivity index (χ2n) is 7.04. The summed E-state index contributed by atoms with van der Waals surface area (Å²) in [5.41, 5.74) is 0. The second-order valence-corrected chi connectivity index (χ2v) is 7.04. The van der Waals surface area contributed by atoms with E-state index in [0.29, 0.717) is 19.0 Å². The molecule has 1 amide bonds. The molecule has 0 unspecified atom stereocenters. The van der Waals surface area contributed by atoms with Gasteiger partial charge in [-0.3, -0.25) is 9.69 Å². The summed E-state index contributed by atoms with van der Waals surface area (Å²) in [6.07, 6.45) is 0.916. The van der Waals surface area contributed by atoms with E-state index in [0.717, 1.165) is 51.4 Å². The smallest absolute Gasteiger partial charge is 0.243 e. The fourth-order valence-corrected chi connectivity index (χ4v) is 2.72. The molecule has 168 valence electrons. The van der Waals surface area contributed by atoms with Crippen LogP contribution in [0.3, 0.4) is 0 Å². The highest BCUT2D eigenvalue weighted by atomic mass is 19.1. The number of morpholine rings is 1. The number of guanidine groups is 1. The first kappa shape index (κ1) is 23.8. The zero-order valence-corrected chi connectivity index (χ0v) is 17.6. The van der Waals surface area contributed by atoms with Gasteiger partial charge >= 0.3 is 0 Å². The Morgan fingerprint density at radius 3 is 2.67 bits per heavy atom. The van der Waals surface area contributed by atoms with E-state index in [1.165, 1.54) is 11.0 Å². The summed E-state index contributed by atoms with van der Waals surface area (Å²) in [6, 6.07) is 3.17. The van der Waals surface area contributed by atoms with Crippen LogP contribution in [0.5, 0.6) is 5.75 Å². The molecule has 8 nitrogen and oxygen atoms in total. The molecule has 0 spiro atoms. The monoisotopic (exact) mass is 427 g/mol. The van der Waals surface area contributed by atoms with Crippen LogP contribution in [0.15, 0.2) is 23.2 Å². The van der Waals surface area contributed by atoms with Gasteiger partial charge in [0.1, 0.15) is 19.0 Å². The van der Waals surface area contributed by atoms with Gasteiger partial charge in [0.25, 0.3) is 0 Å². The Morgan fingerprint density at radius 1 is 1.23 bits per heavy atom. The van der Waals surface area contributed by atoms with Gasteiger partial charge in [-0.2, -0.15) is 0 Å². The molecule has 1 saturated heterocycles. The zero-order chi connectivity index (χ0) is 21.8. The minimum Gasteiger partial charge on any atom is -0.489 e. The number of halogens is 2. The Morgan fingerprint density at radius 2 is 1.97 bits per heavy atom. The van der Waals surface area contributed by atoms with E-state index in [1.807, 2.05) is 0 Å². The molecular weight excluding hydrogens is 396 g/mol. The lowest BCUT2D eigenvalue weighted by Crippen LogP contribution is -2.42. The summed E-state index contributed by atoms with van der Waals surface area (Å²) in [4.78, 5) is 19.9. The molecule has 1 heterocycles. The molecule has 2 rings (SSSR count). The highest BCUT2D eigenvalue weighted by Crippen LogP contribution is 2.17. The number of nitrogens with zero attached hydrogens (tertiary/aromatic N) is 3. The van der Waals surface area contributed by atoms with E-state index in [4.69, 9.17) is 9.47 Å². The van der Waals surface area contributed by atoms with Crippen molar-refractivity contribution < 1.29 is 23.0 Å². The molecule has 1 aliphatic heterocycles. The minimum atomic E-state index is -0.748. The molecule has 0 atom stereocenters. The predicted octanol–water partition coefficient (Wildman–Crippen LogP) is 0.689. The molecule has 0 aromatic heterocycles. The fourth-order valence-electron chi connectivity index (χ4n) is 2.72. The van der Waals surface area contributed by atoms with Crippen LogP contribution >= 0.6 is 0 Å². The molecule has 1 aliphatic rings. The van der Waals surface area contributed by atoms with Crippen LogP contribution in [0, 0.1) is 11.6 Å². The molecule has 1 aromatic rings. The average molecular weight is 427 g/mol. The van der Waals surface area contributed by atoms with Gasteiger partial charge in [-0.15, -0.1) is 0 Å². The molecule has 1 aromatic carbocycles. The lowest BCUT2D eigenvalue weighted by atomic mass is 10.3. The number of amides is 1. The molecule has 0 radical (unpaired) electrons. The van der Waals surface area contributed by atoms with Crippen LogP contribution in [0.4, 0.5) is 8.78 Å². The third-order valence-electron chi connectivity index (χ3n) is 4.46. The minimum absolute atomic E-state index is 0.0131. The van der Waals surface area contributed by atoms with Crippen LogP contribution in [-0.4, -0.2) is 94.9 Å². The lowest BCUT2D eigenvalue weighted by Gasteiger charge is -2.26. The second kappa shape index (κ2) is 13.0. The Hall–Kier alpha value is -2.46. The number of nitrogens with one attached hydrogen (secondary N) is 2. The van der Waals surface area contributed by atoms with Gasteiger partial charge in [-0.05, 0) is 25.1 Å². The highest BCUT2D eigenvalue weighted by Gasteiger charge is 2.10. The van der Waals surface area contributed by atoms with Gasteiger partial charge in [0.05, 0.1) is 19.8 Å². The first-order valence-electron chi connectivity index (χ1n) is 10.1. The fraction of sp³-hybridized carbons (Fsp3) is 0.600. The van der Waals surface area contributed by atoms with Crippen LogP contribution in [0.1, 0.15) is 6.42 Å². The number of carbonyl (C=O) groups is 1. The van der Waals surface area contributed by atoms with Crippen molar-refractivity contribution in [2.24, 2.45) is 4.99 Å². The van der Waals surface area contributed by atoms with Crippen molar-refractivity contribution in [3.8, 4) is 5.75 Å². The summed E-state index contributed by atoms with van der Waals surface area (Å²) in [7, 11) is 3.34. The van der Waals surface area contributed by atoms with E-state index in [9.17, 15) is 13.6 Å². The molecule has 0 bridgehead atoms. The molecule has 1 fully saturated rings. The number of benzene rings is 1. The van der Waals surface area contributed by atoms with E-state index >= 15 is 0 Å².